The van der Waals surface area contributed by atoms with Crippen molar-refractivity contribution in [2.75, 3.05) is 0 Å². The summed E-state index contributed by atoms with van der Waals surface area (Å²) in [6.07, 6.45) is 1.69. The Labute approximate surface area is 85.5 Å². The Hall–Kier alpha value is -0.760. The molecule has 1 aliphatic carbocycles. The van der Waals surface area contributed by atoms with Crippen LogP contribution in [0.25, 0.3) is 0 Å². The molecular formula is C12H19NO. The highest BCUT2D eigenvalue weighted by Gasteiger charge is 2.67. The van der Waals surface area contributed by atoms with E-state index in [2.05, 4.69) is 27.7 Å². The predicted molar refractivity (Wildman–Crippen MR) is 56.7 cm³/mol. The van der Waals surface area contributed by atoms with Gasteiger partial charge in [-0.1, -0.05) is 27.7 Å². The van der Waals surface area contributed by atoms with E-state index in [0.717, 1.165) is 5.76 Å². The zero-order valence-corrected chi connectivity index (χ0v) is 9.37. The molecule has 1 aliphatic rings. The number of nitrogens with two attached hydrogens (primary N) is 1. The molecule has 0 radical (unpaired) electrons. The molecule has 0 spiro atoms. The van der Waals surface area contributed by atoms with Crippen LogP contribution in [-0.2, 0) is 0 Å². The van der Waals surface area contributed by atoms with Gasteiger partial charge < -0.3 is 10.2 Å². The predicted octanol–water partition coefficient (Wildman–Crippen LogP) is 2.96. The topological polar surface area (TPSA) is 39.2 Å². The lowest BCUT2D eigenvalue weighted by Crippen LogP contribution is -2.15. The molecular weight excluding hydrogens is 174 g/mol. The van der Waals surface area contributed by atoms with E-state index < -0.39 is 0 Å². The highest BCUT2D eigenvalue weighted by atomic mass is 16.3. The molecule has 1 fully saturated rings. The summed E-state index contributed by atoms with van der Waals surface area (Å²) < 4.78 is 5.36. The SMILES string of the molecule is CC1(C)C(C(N)c2ccco2)C1(C)C. The maximum atomic E-state index is 6.20. The van der Waals surface area contributed by atoms with E-state index in [0.29, 0.717) is 16.7 Å². The molecule has 0 aliphatic heterocycles. The molecule has 1 aromatic heterocycles. The first-order valence-electron chi connectivity index (χ1n) is 5.18. The third-order valence-electron chi connectivity index (χ3n) is 4.36. The maximum absolute atomic E-state index is 6.20. The third-order valence-corrected chi connectivity index (χ3v) is 4.36. The van der Waals surface area contributed by atoms with Gasteiger partial charge >= 0.3 is 0 Å². The van der Waals surface area contributed by atoms with Crippen LogP contribution >= 0.6 is 0 Å². The van der Waals surface area contributed by atoms with Crippen LogP contribution in [0.2, 0.25) is 0 Å². The Kier molecular flexibility index (Phi) is 1.84. The van der Waals surface area contributed by atoms with Gasteiger partial charge in [0.25, 0.3) is 0 Å². The monoisotopic (exact) mass is 193 g/mol. The van der Waals surface area contributed by atoms with E-state index in [1.54, 1.807) is 6.26 Å². The number of furan rings is 1. The quantitative estimate of drug-likeness (QED) is 0.784. The Bertz CT molecular complexity index is 310. The first kappa shape index (κ1) is 9.78. The van der Waals surface area contributed by atoms with E-state index in [1.165, 1.54) is 0 Å². The van der Waals surface area contributed by atoms with Gasteiger partial charge in [-0.05, 0) is 28.9 Å². The summed E-state index contributed by atoms with van der Waals surface area (Å²) in [7, 11) is 0. The molecule has 0 amide bonds. The van der Waals surface area contributed by atoms with Crippen LogP contribution in [0, 0.1) is 16.7 Å². The summed E-state index contributed by atoms with van der Waals surface area (Å²) in [5, 5.41) is 0. The van der Waals surface area contributed by atoms with Crippen molar-refractivity contribution < 1.29 is 4.42 Å². The molecule has 1 saturated carbocycles. The van der Waals surface area contributed by atoms with Crippen molar-refractivity contribution in [2.24, 2.45) is 22.5 Å². The summed E-state index contributed by atoms with van der Waals surface area (Å²) in [5.74, 6) is 1.43. The molecule has 0 saturated heterocycles. The molecule has 1 aromatic rings. The average molecular weight is 193 g/mol. The summed E-state index contributed by atoms with van der Waals surface area (Å²) >= 11 is 0. The normalized spacial score (nSPS) is 26.1. The maximum Gasteiger partial charge on any atom is 0.120 e. The largest absolute Gasteiger partial charge is 0.468 e. The van der Waals surface area contributed by atoms with Gasteiger partial charge in [0.1, 0.15) is 5.76 Å². The van der Waals surface area contributed by atoms with Crippen LogP contribution in [0.15, 0.2) is 22.8 Å². The smallest absolute Gasteiger partial charge is 0.120 e. The van der Waals surface area contributed by atoms with Gasteiger partial charge in [0.15, 0.2) is 0 Å². The minimum atomic E-state index is 0.0370. The second-order valence-electron chi connectivity index (χ2n) is 5.46. The molecule has 0 bridgehead atoms. The van der Waals surface area contributed by atoms with Crippen molar-refractivity contribution in [2.45, 2.75) is 33.7 Å². The Morgan fingerprint density at radius 1 is 1.29 bits per heavy atom. The molecule has 2 nitrogen and oxygen atoms in total. The molecule has 2 heteroatoms. The molecule has 78 valence electrons. The molecule has 1 atom stereocenters. The van der Waals surface area contributed by atoms with Crippen molar-refractivity contribution in [1.29, 1.82) is 0 Å². The summed E-state index contributed by atoms with van der Waals surface area (Å²) in [6.45, 7) is 9.11. The third kappa shape index (κ3) is 1.07. The number of hydrogen-bond acceptors (Lipinski definition) is 2. The lowest BCUT2D eigenvalue weighted by atomic mass is 10.0. The molecule has 2 N–H and O–H groups in total. The van der Waals surface area contributed by atoms with E-state index in [9.17, 15) is 0 Å². The van der Waals surface area contributed by atoms with Crippen molar-refractivity contribution in [3.05, 3.63) is 24.2 Å². The van der Waals surface area contributed by atoms with Gasteiger partial charge in [-0.2, -0.15) is 0 Å². The fourth-order valence-corrected chi connectivity index (χ4v) is 2.79. The Morgan fingerprint density at radius 2 is 1.86 bits per heavy atom. The Balaban J connectivity index is 2.20. The zero-order chi connectivity index (χ0) is 10.6. The van der Waals surface area contributed by atoms with Crippen LogP contribution in [0.4, 0.5) is 0 Å². The average Bonchev–Trinajstić information content (AvgIpc) is 2.53. The molecule has 14 heavy (non-hydrogen) atoms. The van der Waals surface area contributed by atoms with Gasteiger partial charge in [0.2, 0.25) is 0 Å². The standard InChI is InChI=1S/C12H19NO/c1-11(2)10(12(11,3)4)9(13)8-6-5-7-14-8/h5-7,9-10H,13H2,1-4H3. The highest BCUT2D eigenvalue weighted by Crippen LogP contribution is 2.71. The van der Waals surface area contributed by atoms with Crippen LogP contribution in [0.5, 0.6) is 0 Å². The van der Waals surface area contributed by atoms with Crippen molar-refractivity contribution in [3.63, 3.8) is 0 Å². The lowest BCUT2D eigenvalue weighted by Gasteiger charge is -2.10. The van der Waals surface area contributed by atoms with Gasteiger partial charge in [-0.15, -0.1) is 0 Å². The van der Waals surface area contributed by atoms with Gasteiger partial charge in [0, 0.05) is 0 Å². The lowest BCUT2D eigenvalue weighted by molar-refractivity contribution is 0.401. The van der Waals surface area contributed by atoms with Crippen LogP contribution in [0.3, 0.4) is 0 Å². The van der Waals surface area contributed by atoms with Gasteiger partial charge in [-0.25, -0.2) is 0 Å². The van der Waals surface area contributed by atoms with E-state index >= 15 is 0 Å². The fraction of sp³-hybridized carbons (Fsp3) is 0.667. The molecule has 0 aromatic carbocycles. The molecule has 1 heterocycles. The van der Waals surface area contributed by atoms with Gasteiger partial charge in [-0.3, -0.25) is 0 Å². The Morgan fingerprint density at radius 3 is 2.21 bits per heavy atom. The first-order valence-corrected chi connectivity index (χ1v) is 5.18. The van der Waals surface area contributed by atoms with Gasteiger partial charge in [0.05, 0.1) is 12.3 Å². The van der Waals surface area contributed by atoms with E-state index in [4.69, 9.17) is 10.2 Å². The summed E-state index contributed by atoms with van der Waals surface area (Å²) in [5.41, 5.74) is 6.84. The first-order chi connectivity index (χ1) is 6.39. The van der Waals surface area contributed by atoms with Crippen LogP contribution in [-0.4, -0.2) is 0 Å². The fourth-order valence-electron chi connectivity index (χ4n) is 2.79. The van der Waals surface area contributed by atoms with Crippen LogP contribution in [0.1, 0.15) is 39.5 Å². The number of hydrogen-bond donors (Lipinski definition) is 1. The zero-order valence-electron chi connectivity index (χ0n) is 9.37. The van der Waals surface area contributed by atoms with Crippen molar-refractivity contribution in [3.8, 4) is 0 Å². The minimum absolute atomic E-state index is 0.0370. The minimum Gasteiger partial charge on any atom is -0.468 e. The molecule has 2 rings (SSSR count). The second kappa shape index (κ2) is 2.63. The second-order valence-corrected chi connectivity index (χ2v) is 5.46. The van der Waals surface area contributed by atoms with Crippen LogP contribution < -0.4 is 5.73 Å². The van der Waals surface area contributed by atoms with E-state index in [-0.39, 0.29) is 6.04 Å². The van der Waals surface area contributed by atoms with Crippen molar-refractivity contribution in [1.82, 2.24) is 0 Å². The number of rotatable bonds is 2. The van der Waals surface area contributed by atoms with E-state index in [1.807, 2.05) is 12.1 Å². The molecule has 1 unspecified atom stereocenters. The van der Waals surface area contributed by atoms with Crippen molar-refractivity contribution >= 4 is 0 Å². The summed E-state index contributed by atoms with van der Waals surface area (Å²) in [6, 6.07) is 3.90. The highest BCUT2D eigenvalue weighted by molar-refractivity contribution is 5.20. The summed E-state index contributed by atoms with van der Waals surface area (Å²) in [4.78, 5) is 0.